The fourth-order valence-corrected chi connectivity index (χ4v) is 5.70. The first-order valence-corrected chi connectivity index (χ1v) is 15.4. The summed E-state index contributed by atoms with van der Waals surface area (Å²) in [7, 11) is 2.27. The summed E-state index contributed by atoms with van der Waals surface area (Å²) in [5.74, 6) is 1.14. The molecule has 1 fully saturated rings. The van der Waals surface area contributed by atoms with E-state index in [-0.39, 0.29) is 0 Å². The van der Waals surface area contributed by atoms with Gasteiger partial charge >= 0.3 is 0 Å². The van der Waals surface area contributed by atoms with Crippen LogP contribution in [0, 0.1) is 6.92 Å². The van der Waals surface area contributed by atoms with E-state index in [2.05, 4.69) is 84.9 Å². The number of rotatable bonds is 4. The summed E-state index contributed by atoms with van der Waals surface area (Å²) in [4.78, 5) is 11.4. The third-order valence-corrected chi connectivity index (χ3v) is 7.81. The number of aryl methyl sites for hydroxylation is 2. The normalized spacial score (nSPS) is 17.4. The number of anilines is 1. The van der Waals surface area contributed by atoms with E-state index in [1.54, 1.807) is 11.3 Å². The van der Waals surface area contributed by atoms with Crippen molar-refractivity contribution in [3.05, 3.63) is 62.4 Å². The first-order chi connectivity index (χ1) is 17.4. The van der Waals surface area contributed by atoms with E-state index in [0.717, 1.165) is 49.7 Å². The predicted molar refractivity (Wildman–Crippen MR) is 166 cm³/mol. The minimum atomic E-state index is 0.561. The van der Waals surface area contributed by atoms with Gasteiger partial charge in [-0.15, -0.1) is 11.3 Å². The van der Waals surface area contributed by atoms with E-state index in [4.69, 9.17) is 4.99 Å². The number of aliphatic imine (C=N–C) groups is 1. The molecule has 2 aliphatic heterocycles. The predicted octanol–water partition coefficient (Wildman–Crippen LogP) is 8.82. The Bertz CT molecular complexity index is 954. The second-order valence-corrected chi connectivity index (χ2v) is 10.6. The molecule has 1 atom stereocenters. The molecule has 4 nitrogen and oxygen atoms in total. The first kappa shape index (κ1) is 32.1. The number of amidine groups is 1. The fraction of sp³-hybridized carbons (Fsp3) is 0.567. The summed E-state index contributed by atoms with van der Waals surface area (Å²) in [6, 6.07) is 5.10. The van der Waals surface area contributed by atoms with E-state index in [1.807, 2.05) is 46.0 Å². The van der Waals surface area contributed by atoms with Gasteiger partial charge in [0.1, 0.15) is 10.8 Å². The van der Waals surface area contributed by atoms with Gasteiger partial charge in [-0.1, -0.05) is 46.8 Å². The van der Waals surface area contributed by atoms with Gasteiger partial charge in [0, 0.05) is 36.3 Å². The molecule has 4 heterocycles. The van der Waals surface area contributed by atoms with Crippen LogP contribution in [-0.4, -0.2) is 48.4 Å². The van der Waals surface area contributed by atoms with Crippen molar-refractivity contribution < 1.29 is 0 Å². The van der Waals surface area contributed by atoms with Crippen LogP contribution in [0.5, 0.6) is 0 Å². The van der Waals surface area contributed by atoms with Gasteiger partial charge in [0.25, 0.3) is 0 Å². The Morgan fingerprint density at radius 1 is 1.14 bits per heavy atom. The van der Waals surface area contributed by atoms with E-state index >= 15 is 0 Å². The molecule has 2 aromatic heterocycles. The molecular formula is C30H50N4S2. The maximum atomic E-state index is 5.05. The van der Waals surface area contributed by atoms with Crippen molar-refractivity contribution in [3.8, 4) is 0 Å². The number of likely N-dealkylation sites (N-methyl/N-ethyl adjacent to an activating group) is 1. The second kappa shape index (κ2) is 17.5. The third-order valence-electron chi connectivity index (χ3n) is 6.11. The average molecular weight is 531 g/mol. The number of hydrogen-bond donors (Lipinski definition) is 1. The van der Waals surface area contributed by atoms with Gasteiger partial charge in [-0.25, -0.2) is 4.99 Å². The molecule has 0 amide bonds. The van der Waals surface area contributed by atoms with Crippen molar-refractivity contribution >= 4 is 33.5 Å². The SMILES string of the molecule is C/C=C\CC.CC.CC.CC1=C(C)Nc2sc(C)cc2C(N2CCN(C)C(CCc3ccsc3)C2)=N1. The number of nitrogens with one attached hydrogen (secondary N) is 1. The highest BCUT2D eigenvalue weighted by atomic mass is 32.1. The number of allylic oxidation sites excluding steroid dienone is 4. The van der Waals surface area contributed by atoms with Crippen molar-refractivity contribution in [2.45, 2.75) is 87.6 Å². The molecular weight excluding hydrogens is 480 g/mol. The maximum absolute atomic E-state index is 5.05. The number of fused-ring (bicyclic) bond motifs is 1. The number of piperazine rings is 1. The topological polar surface area (TPSA) is 30.9 Å². The minimum Gasteiger partial charge on any atom is -0.353 e. The van der Waals surface area contributed by atoms with E-state index < -0.39 is 0 Å². The van der Waals surface area contributed by atoms with E-state index in [1.165, 1.54) is 27.4 Å². The lowest BCUT2D eigenvalue weighted by Crippen LogP contribution is -2.53. The minimum absolute atomic E-state index is 0.561. The van der Waals surface area contributed by atoms with Crippen molar-refractivity contribution in [2.75, 3.05) is 32.0 Å². The van der Waals surface area contributed by atoms with Crippen LogP contribution in [0.15, 0.2) is 51.4 Å². The molecule has 4 rings (SSSR count). The van der Waals surface area contributed by atoms with Crippen LogP contribution in [0.3, 0.4) is 0 Å². The zero-order chi connectivity index (χ0) is 27.1. The Labute approximate surface area is 229 Å². The van der Waals surface area contributed by atoms with Crippen LogP contribution in [-0.2, 0) is 6.42 Å². The molecule has 0 aromatic carbocycles. The van der Waals surface area contributed by atoms with Crippen LogP contribution in [0.4, 0.5) is 5.00 Å². The maximum Gasteiger partial charge on any atom is 0.139 e. The number of thiophene rings is 2. The highest BCUT2D eigenvalue weighted by molar-refractivity contribution is 7.16. The van der Waals surface area contributed by atoms with Gasteiger partial charge in [-0.2, -0.15) is 11.3 Å². The molecule has 36 heavy (non-hydrogen) atoms. The van der Waals surface area contributed by atoms with Crippen LogP contribution in [0.2, 0.25) is 0 Å². The lowest BCUT2D eigenvalue weighted by Gasteiger charge is -2.41. The lowest BCUT2D eigenvalue weighted by atomic mass is 10.0. The van der Waals surface area contributed by atoms with Gasteiger partial charge in [0.15, 0.2) is 0 Å². The van der Waals surface area contributed by atoms with Gasteiger partial charge in [0.05, 0.1) is 11.3 Å². The van der Waals surface area contributed by atoms with Crippen LogP contribution in [0.1, 0.15) is 84.2 Å². The molecule has 6 heteroatoms. The third kappa shape index (κ3) is 9.53. The van der Waals surface area contributed by atoms with Crippen molar-refractivity contribution in [2.24, 2.45) is 4.99 Å². The van der Waals surface area contributed by atoms with E-state index in [9.17, 15) is 0 Å². The molecule has 0 bridgehead atoms. The van der Waals surface area contributed by atoms with Crippen LogP contribution < -0.4 is 5.32 Å². The monoisotopic (exact) mass is 530 g/mol. The molecule has 0 spiro atoms. The molecule has 1 saturated heterocycles. The zero-order valence-electron chi connectivity index (χ0n) is 24.4. The van der Waals surface area contributed by atoms with Gasteiger partial charge in [-0.05, 0) is 82.5 Å². The molecule has 1 unspecified atom stereocenters. The first-order valence-electron chi connectivity index (χ1n) is 13.6. The van der Waals surface area contributed by atoms with Crippen LogP contribution >= 0.6 is 22.7 Å². The summed E-state index contributed by atoms with van der Waals surface area (Å²) in [5, 5.41) is 9.26. The molecule has 1 N–H and O–H groups in total. The Balaban J connectivity index is 0.000000634. The smallest absolute Gasteiger partial charge is 0.139 e. The zero-order valence-corrected chi connectivity index (χ0v) is 26.1. The summed E-state index contributed by atoms with van der Waals surface area (Å²) in [6.45, 7) is 21.7. The Hall–Kier alpha value is -1.89. The highest BCUT2D eigenvalue weighted by Crippen LogP contribution is 2.34. The van der Waals surface area contributed by atoms with Crippen molar-refractivity contribution in [1.82, 2.24) is 9.80 Å². The Kier molecular flexibility index (Phi) is 15.7. The molecule has 0 saturated carbocycles. The van der Waals surface area contributed by atoms with Crippen molar-refractivity contribution in [1.29, 1.82) is 0 Å². The van der Waals surface area contributed by atoms with Crippen molar-refractivity contribution in [3.63, 3.8) is 0 Å². The number of hydrogen-bond acceptors (Lipinski definition) is 6. The summed E-state index contributed by atoms with van der Waals surface area (Å²) in [5.41, 5.74) is 4.96. The second-order valence-electron chi connectivity index (χ2n) is 8.60. The molecule has 202 valence electrons. The van der Waals surface area contributed by atoms with Gasteiger partial charge in [-0.3, -0.25) is 4.90 Å². The van der Waals surface area contributed by atoms with Gasteiger partial charge in [0.2, 0.25) is 0 Å². The molecule has 2 aromatic rings. The summed E-state index contributed by atoms with van der Waals surface area (Å²) in [6.07, 6.45) is 7.69. The standard InChI is InChI=1S/C21H28N4S2.C5H10.2C2H6/c1-14-11-19-20(22-15(2)16(3)23-21(19)27-14)25-9-8-24(4)18(12-25)6-5-17-7-10-26-13-17;1-3-5-4-2;2*1-2/h7,10-11,13,18,23H,5-6,8-9,12H2,1-4H3;3,5H,4H2,1-2H3;2*1-2H3/b;5-3-;;. The summed E-state index contributed by atoms with van der Waals surface area (Å²) < 4.78 is 0. The fourth-order valence-electron chi connectivity index (χ4n) is 4.03. The summed E-state index contributed by atoms with van der Waals surface area (Å²) >= 11 is 3.62. The Morgan fingerprint density at radius 2 is 1.86 bits per heavy atom. The number of nitrogens with zero attached hydrogens (tertiary/aromatic N) is 3. The van der Waals surface area contributed by atoms with Crippen LogP contribution in [0.25, 0.3) is 0 Å². The lowest BCUT2D eigenvalue weighted by molar-refractivity contribution is 0.134. The van der Waals surface area contributed by atoms with E-state index in [0.29, 0.717) is 6.04 Å². The molecule has 2 aliphatic rings. The Morgan fingerprint density at radius 3 is 2.44 bits per heavy atom. The average Bonchev–Trinajstić information content (AvgIpc) is 3.52. The largest absolute Gasteiger partial charge is 0.353 e. The quantitative estimate of drug-likeness (QED) is 0.401. The molecule has 0 aliphatic carbocycles. The van der Waals surface area contributed by atoms with Gasteiger partial charge < -0.3 is 10.2 Å². The molecule has 0 radical (unpaired) electrons. The highest BCUT2D eigenvalue weighted by Gasteiger charge is 2.29.